The third kappa shape index (κ3) is 4.40. The van der Waals surface area contributed by atoms with Crippen LogP contribution in [-0.2, 0) is 6.54 Å². The summed E-state index contributed by atoms with van der Waals surface area (Å²) in [5.41, 5.74) is 5.06. The number of ether oxygens (including phenoxy) is 2. The van der Waals surface area contributed by atoms with Gasteiger partial charge in [-0.2, -0.15) is 5.10 Å². The molecular formula is C18H20ClN5O2S. The van der Waals surface area contributed by atoms with Crippen molar-refractivity contribution in [2.24, 2.45) is 0 Å². The first kappa shape index (κ1) is 19.2. The largest absolute Gasteiger partial charge is 0.493 e. The second kappa shape index (κ2) is 8.41. The van der Waals surface area contributed by atoms with Crippen LogP contribution in [0, 0.1) is 4.77 Å². The van der Waals surface area contributed by atoms with Crippen LogP contribution in [0.1, 0.15) is 19.4 Å². The standard InChI is InChI=1S/C18H20ClN5O2S/c1-11(2)26-16-14(19)8-12(9-15(16)25-3)10-21-24-17(22-23-18(24)27)13-4-6-20-7-5-13/h4-9,11,21H,10H2,1-3H3,(H,23,27). The van der Waals surface area contributed by atoms with Crippen molar-refractivity contribution in [1.82, 2.24) is 19.9 Å². The van der Waals surface area contributed by atoms with Gasteiger partial charge in [-0.05, 0) is 55.9 Å². The number of aromatic amines is 1. The maximum Gasteiger partial charge on any atom is 0.214 e. The number of benzene rings is 1. The van der Waals surface area contributed by atoms with Crippen LogP contribution in [0.4, 0.5) is 0 Å². The molecule has 0 spiro atoms. The van der Waals surface area contributed by atoms with Crippen molar-refractivity contribution in [2.75, 3.05) is 12.5 Å². The summed E-state index contributed by atoms with van der Waals surface area (Å²) in [7, 11) is 1.59. The molecule has 0 amide bonds. The van der Waals surface area contributed by atoms with E-state index in [0.717, 1.165) is 11.1 Å². The predicted octanol–water partition coefficient (Wildman–Crippen LogP) is 4.20. The first-order chi connectivity index (χ1) is 13.0. The number of H-pyrrole nitrogens is 1. The van der Waals surface area contributed by atoms with Crippen LogP contribution in [0.15, 0.2) is 36.7 Å². The molecule has 1 aromatic carbocycles. The molecule has 142 valence electrons. The lowest BCUT2D eigenvalue weighted by Crippen LogP contribution is -2.16. The highest BCUT2D eigenvalue weighted by Gasteiger charge is 2.14. The van der Waals surface area contributed by atoms with Gasteiger partial charge in [0.05, 0.1) is 24.8 Å². The van der Waals surface area contributed by atoms with Gasteiger partial charge >= 0.3 is 0 Å². The van der Waals surface area contributed by atoms with E-state index < -0.39 is 0 Å². The van der Waals surface area contributed by atoms with Gasteiger partial charge in [-0.3, -0.25) is 4.98 Å². The summed E-state index contributed by atoms with van der Waals surface area (Å²) >= 11 is 11.7. The molecule has 0 saturated heterocycles. The predicted molar refractivity (Wildman–Crippen MR) is 107 cm³/mol. The fourth-order valence-corrected chi connectivity index (χ4v) is 3.01. The van der Waals surface area contributed by atoms with Crippen molar-refractivity contribution >= 4 is 23.8 Å². The Morgan fingerprint density at radius 1 is 1.30 bits per heavy atom. The Hall–Kier alpha value is -2.58. The van der Waals surface area contributed by atoms with E-state index in [1.807, 2.05) is 38.1 Å². The molecule has 0 aliphatic heterocycles. The van der Waals surface area contributed by atoms with E-state index in [4.69, 9.17) is 33.3 Å². The number of halogens is 1. The highest BCUT2D eigenvalue weighted by molar-refractivity contribution is 7.71. The fourth-order valence-electron chi connectivity index (χ4n) is 2.53. The molecule has 0 saturated carbocycles. The number of hydrogen-bond acceptors (Lipinski definition) is 6. The summed E-state index contributed by atoms with van der Waals surface area (Å²) in [4.78, 5) is 4.02. The Labute approximate surface area is 167 Å². The fraction of sp³-hybridized carbons (Fsp3) is 0.278. The number of aromatic nitrogens is 4. The normalized spacial score (nSPS) is 10.9. The van der Waals surface area contributed by atoms with Crippen LogP contribution < -0.4 is 14.9 Å². The minimum Gasteiger partial charge on any atom is -0.493 e. The molecule has 2 N–H and O–H groups in total. The van der Waals surface area contributed by atoms with E-state index in [9.17, 15) is 0 Å². The summed E-state index contributed by atoms with van der Waals surface area (Å²) in [6.45, 7) is 4.34. The third-order valence-electron chi connectivity index (χ3n) is 3.69. The van der Waals surface area contributed by atoms with Gasteiger partial charge in [0.15, 0.2) is 17.3 Å². The van der Waals surface area contributed by atoms with E-state index >= 15 is 0 Å². The smallest absolute Gasteiger partial charge is 0.214 e. The highest BCUT2D eigenvalue weighted by atomic mass is 35.5. The first-order valence-electron chi connectivity index (χ1n) is 8.34. The minimum absolute atomic E-state index is 0.00689. The van der Waals surface area contributed by atoms with Crippen molar-refractivity contribution < 1.29 is 9.47 Å². The van der Waals surface area contributed by atoms with Crippen LogP contribution in [0.3, 0.4) is 0 Å². The topological polar surface area (TPSA) is 77.0 Å². The SMILES string of the molecule is COc1cc(CNn2c(-c3ccncc3)n[nH]c2=S)cc(Cl)c1OC(C)C. The highest BCUT2D eigenvalue weighted by Crippen LogP contribution is 2.37. The van der Waals surface area contributed by atoms with Crippen LogP contribution in [0.25, 0.3) is 11.4 Å². The molecule has 3 aromatic rings. The van der Waals surface area contributed by atoms with E-state index in [0.29, 0.717) is 33.7 Å². The van der Waals surface area contributed by atoms with Crippen LogP contribution >= 0.6 is 23.8 Å². The van der Waals surface area contributed by atoms with Gasteiger partial charge in [-0.15, -0.1) is 0 Å². The minimum atomic E-state index is -0.00689. The van der Waals surface area contributed by atoms with Crippen molar-refractivity contribution in [3.63, 3.8) is 0 Å². The monoisotopic (exact) mass is 405 g/mol. The van der Waals surface area contributed by atoms with Crippen molar-refractivity contribution in [3.8, 4) is 22.9 Å². The second-order valence-electron chi connectivity index (χ2n) is 6.03. The van der Waals surface area contributed by atoms with E-state index in [1.165, 1.54) is 0 Å². The molecule has 0 aliphatic carbocycles. The van der Waals surface area contributed by atoms with Gasteiger partial charge in [0, 0.05) is 18.0 Å². The number of methoxy groups -OCH3 is 1. The van der Waals surface area contributed by atoms with Gasteiger partial charge in [-0.25, -0.2) is 9.77 Å². The zero-order valence-corrected chi connectivity index (χ0v) is 16.8. The molecule has 0 unspecified atom stereocenters. The van der Waals surface area contributed by atoms with Crippen LogP contribution in [-0.4, -0.2) is 33.1 Å². The molecule has 7 nitrogen and oxygen atoms in total. The Balaban J connectivity index is 1.85. The molecule has 3 rings (SSSR count). The average Bonchev–Trinajstić information content (AvgIpc) is 3.02. The summed E-state index contributed by atoms with van der Waals surface area (Å²) in [6, 6.07) is 7.44. The second-order valence-corrected chi connectivity index (χ2v) is 6.83. The lowest BCUT2D eigenvalue weighted by molar-refractivity contribution is 0.230. The van der Waals surface area contributed by atoms with E-state index in [2.05, 4.69) is 20.6 Å². The quantitative estimate of drug-likeness (QED) is 0.574. The summed E-state index contributed by atoms with van der Waals surface area (Å²) in [6.07, 6.45) is 3.40. The van der Waals surface area contributed by atoms with Gasteiger partial charge in [0.1, 0.15) is 0 Å². The van der Waals surface area contributed by atoms with Gasteiger partial charge in [0.25, 0.3) is 0 Å². The maximum atomic E-state index is 6.39. The number of pyridine rings is 1. The van der Waals surface area contributed by atoms with E-state index in [1.54, 1.807) is 24.2 Å². The number of hydrogen-bond donors (Lipinski definition) is 2. The molecular weight excluding hydrogens is 386 g/mol. The van der Waals surface area contributed by atoms with Gasteiger partial charge in [-0.1, -0.05) is 11.6 Å². The Kier molecular flexibility index (Phi) is 5.98. The average molecular weight is 406 g/mol. The molecule has 0 aliphatic rings. The molecule has 0 fully saturated rings. The Morgan fingerprint density at radius 2 is 2.04 bits per heavy atom. The third-order valence-corrected chi connectivity index (χ3v) is 4.25. The maximum absolute atomic E-state index is 6.39. The van der Waals surface area contributed by atoms with E-state index in [-0.39, 0.29) is 6.10 Å². The molecule has 2 aromatic heterocycles. The number of nitrogens with one attached hydrogen (secondary N) is 2. The van der Waals surface area contributed by atoms with Gasteiger partial charge < -0.3 is 14.9 Å². The molecule has 0 bridgehead atoms. The van der Waals surface area contributed by atoms with Crippen molar-refractivity contribution in [2.45, 2.75) is 26.5 Å². The lowest BCUT2D eigenvalue weighted by atomic mass is 10.2. The zero-order chi connectivity index (χ0) is 19.4. The van der Waals surface area contributed by atoms with Crippen LogP contribution in [0.2, 0.25) is 5.02 Å². The number of rotatable bonds is 7. The summed E-state index contributed by atoms with van der Waals surface area (Å²) in [5.74, 6) is 1.79. The van der Waals surface area contributed by atoms with Gasteiger partial charge in [0.2, 0.25) is 4.77 Å². The molecule has 0 atom stereocenters. The number of nitrogens with zero attached hydrogens (tertiary/aromatic N) is 3. The molecule has 9 heteroatoms. The van der Waals surface area contributed by atoms with Crippen molar-refractivity contribution in [1.29, 1.82) is 0 Å². The Bertz CT molecular complexity index is 972. The lowest BCUT2D eigenvalue weighted by Gasteiger charge is -2.17. The first-order valence-corrected chi connectivity index (χ1v) is 9.13. The van der Waals surface area contributed by atoms with Crippen molar-refractivity contribution in [3.05, 3.63) is 52.0 Å². The summed E-state index contributed by atoms with van der Waals surface area (Å²) < 4.78 is 13.3. The van der Waals surface area contributed by atoms with Crippen LogP contribution in [0.5, 0.6) is 11.5 Å². The molecule has 0 radical (unpaired) electrons. The summed E-state index contributed by atoms with van der Waals surface area (Å²) in [5, 5.41) is 7.57. The molecule has 2 heterocycles. The zero-order valence-electron chi connectivity index (χ0n) is 15.2. The Morgan fingerprint density at radius 3 is 2.70 bits per heavy atom. The molecule has 27 heavy (non-hydrogen) atoms.